The van der Waals surface area contributed by atoms with Crippen molar-refractivity contribution in [1.82, 2.24) is 0 Å². The molecule has 0 atom stereocenters. The molecule has 2 aliphatic rings. The lowest BCUT2D eigenvalue weighted by Crippen LogP contribution is -2.22. The minimum atomic E-state index is -0.248. The zero-order chi connectivity index (χ0) is 12.8. The van der Waals surface area contributed by atoms with E-state index >= 15 is 0 Å². The highest BCUT2D eigenvalue weighted by Crippen LogP contribution is 2.49. The molecule has 0 saturated heterocycles. The molecule has 0 aromatic heterocycles. The molecule has 1 aromatic rings. The third-order valence-electron chi connectivity index (χ3n) is 4.15. The minimum absolute atomic E-state index is 0.122. The van der Waals surface area contributed by atoms with E-state index in [2.05, 4.69) is 0 Å². The molecule has 1 aromatic carbocycles. The molecule has 1 aliphatic carbocycles. The van der Waals surface area contributed by atoms with Crippen LogP contribution in [-0.4, -0.2) is 24.9 Å². The van der Waals surface area contributed by atoms with Crippen LogP contribution in [-0.2, 0) is 5.41 Å². The lowest BCUT2D eigenvalue weighted by Gasteiger charge is -2.23. The van der Waals surface area contributed by atoms with Gasteiger partial charge < -0.3 is 14.6 Å². The Morgan fingerprint density at radius 3 is 2.44 bits per heavy atom. The molecule has 98 valence electrons. The van der Waals surface area contributed by atoms with Crippen molar-refractivity contribution < 1.29 is 14.6 Å². The zero-order valence-corrected chi connectivity index (χ0v) is 11.0. The fraction of sp³-hybridized carbons (Fsp3) is 0.600. The summed E-state index contributed by atoms with van der Waals surface area (Å²) in [6.07, 6.45) is 2.41. The summed E-state index contributed by atoms with van der Waals surface area (Å²) >= 11 is 0. The Morgan fingerprint density at radius 2 is 1.83 bits per heavy atom. The van der Waals surface area contributed by atoms with E-state index in [0.717, 1.165) is 30.3 Å². The van der Waals surface area contributed by atoms with Gasteiger partial charge in [0.25, 0.3) is 0 Å². The van der Waals surface area contributed by atoms with Crippen LogP contribution in [0.1, 0.15) is 32.3 Å². The number of hydrogen-bond acceptors (Lipinski definition) is 3. The second kappa shape index (κ2) is 3.89. The average Bonchev–Trinajstić information content (AvgIpc) is 3.17. The summed E-state index contributed by atoms with van der Waals surface area (Å²) in [6.45, 7) is 5.69. The first kappa shape index (κ1) is 11.8. The van der Waals surface area contributed by atoms with E-state index in [0.29, 0.717) is 0 Å². The predicted molar refractivity (Wildman–Crippen MR) is 69.2 cm³/mol. The van der Waals surface area contributed by atoms with E-state index in [1.54, 1.807) is 0 Å². The summed E-state index contributed by atoms with van der Waals surface area (Å²) in [5.74, 6) is 1.65. The highest BCUT2D eigenvalue weighted by Gasteiger charge is 2.46. The van der Waals surface area contributed by atoms with Gasteiger partial charge >= 0.3 is 0 Å². The first-order valence-electron chi connectivity index (χ1n) is 6.56. The van der Waals surface area contributed by atoms with Crippen LogP contribution in [0.2, 0.25) is 0 Å². The summed E-state index contributed by atoms with van der Waals surface area (Å²) in [5, 5.41) is 9.43. The first-order valence-corrected chi connectivity index (χ1v) is 6.56. The largest absolute Gasteiger partial charge is 0.489 e. The van der Waals surface area contributed by atoms with Crippen LogP contribution in [0.25, 0.3) is 0 Å². The van der Waals surface area contributed by atoms with E-state index < -0.39 is 0 Å². The van der Waals surface area contributed by atoms with Crippen LogP contribution in [0.5, 0.6) is 11.5 Å². The van der Waals surface area contributed by atoms with E-state index in [1.165, 1.54) is 12.8 Å². The maximum Gasteiger partial charge on any atom is 0.161 e. The van der Waals surface area contributed by atoms with Crippen LogP contribution in [0.4, 0.5) is 0 Å². The number of fused-ring (bicyclic) bond motifs is 1. The lowest BCUT2D eigenvalue weighted by molar-refractivity contribution is 0.196. The Balaban J connectivity index is 1.89. The fourth-order valence-electron chi connectivity index (χ4n) is 2.22. The Hall–Kier alpha value is -1.22. The van der Waals surface area contributed by atoms with Crippen molar-refractivity contribution in [1.29, 1.82) is 0 Å². The van der Waals surface area contributed by atoms with Crippen LogP contribution in [0.15, 0.2) is 18.2 Å². The van der Waals surface area contributed by atoms with Gasteiger partial charge in [0.2, 0.25) is 0 Å². The van der Waals surface area contributed by atoms with Gasteiger partial charge in [0.1, 0.15) is 0 Å². The third kappa shape index (κ3) is 1.97. The molecular weight excluding hydrogens is 228 g/mol. The molecule has 1 heterocycles. The minimum Gasteiger partial charge on any atom is -0.489 e. The number of ether oxygens (including phenoxy) is 2. The van der Waals surface area contributed by atoms with Crippen molar-refractivity contribution in [2.45, 2.75) is 32.1 Å². The maximum absolute atomic E-state index is 9.43. The highest BCUT2D eigenvalue weighted by atomic mass is 16.5. The quantitative estimate of drug-likeness (QED) is 0.874. The SMILES string of the molecule is CC(C)(CO)c1ccc2c(c1)OCC1(CC1)CO2. The topological polar surface area (TPSA) is 38.7 Å². The Labute approximate surface area is 108 Å². The molecule has 18 heavy (non-hydrogen) atoms. The van der Waals surface area contributed by atoms with Gasteiger partial charge in [-0.3, -0.25) is 0 Å². The van der Waals surface area contributed by atoms with E-state index in [1.807, 2.05) is 32.0 Å². The van der Waals surface area contributed by atoms with E-state index in [-0.39, 0.29) is 17.4 Å². The lowest BCUT2D eigenvalue weighted by atomic mass is 9.85. The van der Waals surface area contributed by atoms with Crippen LogP contribution >= 0.6 is 0 Å². The van der Waals surface area contributed by atoms with Gasteiger partial charge in [0.15, 0.2) is 11.5 Å². The molecule has 0 unspecified atom stereocenters. The number of hydrogen-bond donors (Lipinski definition) is 1. The fourth-order valence-corrected chi connectivity index (χ4v) is 2.22. The second-order valence-electron chi connectivity index (χ2n) is 6.28. The van der Waals surface area contributed by atoms with Crippen molar-refractivity contribution in [2.75, 3.05) is 19.8 Å². The van der Waals surface area contributed by atoms with Crippen LogP contribution in [0, 0.1) is 5.41 Å². The van der Waals surface area contributed by atoms with Crippen molar-refractivity contribution in [2.24, 2.45) is 5.41 Å². The van der Waals surface area contributed by atoms with Crippen molar-refractivity contribution in [3.8, 4) is 11.5 Å². The van der Waals surface area contributed by atoms with E-state index in [4.69, 9.17) is 9.47 Å². The van der Waals surface area contributed by atoms with Crippen LogP contribution in [0.3, 0.4) is 0 Å². The molecule has 0 amide bonds. The smallest absolute Gasteiger partial charge is 0.161 e. The summed E-state index contributed by atoms with van der Waals surface area (Å²) in [5.41, 5.74) is 1.10. The molecule has 1 saturated carbocycles. The van der Waals surface area contributed by atoms with E-state index in [9.17, 15) is 5.11 Å². The Morgan fingerprint density at radius 1 is 1.17 bits per heavy atom. The molecule has 3 rings (SSSR count). The van der Waals surface area contributed by atoms with Gasteiger partial charge in [-0.05, 0) is 30.5 Å². The third-order valence-corrected chi connectivity index (χ3v) is 4.15. The summed E-state index contributed by atoms with van der Waals surface area (Å²) in [4.78, 5) is 0. The zero-order valence-electron chi connectivity index (χ0n) is 11.0. The molecule has 1 fully saturated rings. The van der Waals surface area contributed by atoms with Crippen molar-refractivity contribution in [3.63, 3.8) is 0 Å². The summed E-state index contributed by atoms with van der Waals surface area (Å²) < 4.78 is 11.7. The van der Waals surface area contributed by atoms with Gasteiger partial charge in [-0.25, -0.2) is 0 Å². The monoisotopic (exact) mass is 248 g/mol. The Bertz CT molecular complexity index is 461. The highest BCUT2D eigenvalue weighted by molar-refractivity contribution is 5.45. The molecule has 3 heteroatoms. The number of benzene rings is 1. The summed E-state index contributed by atoms with van der Waals surface area (Å²) in [7, 11) is 0. The Kier molecular flexibility index (Phi) is 2.56. The van der Waals surface area contributed by atoms with Gasteiger partial charge in [-0.2, -0.15) is 0 Å². The van der Waals surface area contributed by atoms with Gasteiger partial charge in [0, 0.05) is 10.8 Å². The molecule has 1 aliphatic heterocycles. The molecule has 0 radical (unpaired) electrons. The van der Waals surface area contributed by atoms with Crippen molar-refractivity contribution in [3.05, 3.63) is 23.8 Å². The molecular formula is C15H20O3. The number of aliphatic hydroxyl groups is 1. The van der Waals surface area contributed by atoms with Gasteiger partial charge in [-0.15, -0.1) is 0 Å². The normalized spacial score (nSPS) is 20.6. The maximum atomic E-state index is 9.43. The summed E-state index contributed by atoms with van der Waals surface area (Å²) in [6, 6.07) is 5.99. The predicted octanol–water partition coefficient (Wildman–Crippen LogP) is 2.51. The molecule has 3 nitrogen and oxygen atoms in total. The second-order valence-corrected chi connectivity index (χ2v) is 6.28. The van der Waals surface area contributed by atoms with Crippen LogP contribution < -0.4 is 9.47 Å². The first-order chi connectivity index (χ1) is 8.55. The van der Waals surface area contributed by atoms with Gasteiger partial charge in [0.05, 0.1) is 19.8 Å². The standard InChI is InChI=1S/C15H20O3/c1-14(2,8-16)11-3-4-12-13(7-11)18-10-15(5-6-15)9-17-12/h3-4,7,16H,5-6,8-10H2,1-2H3. The van der Waals surface area contributed by atoms with Gasteiger partial charge in [-0.1, -0.05) is 19.9 Å². The number of aliphatic hydroxyl groups excluding tert-OH is 1. The number of rotatable bonds is 2. The molecule has 0 bridgehead atoms. The average molecular weight is 248 g/mol. The molecule has 1 spiro atoms. The van der Waals surface area contributed by atoms with Crippen molar-refractivity contribution >= 4 is 0 Å². The molecule has 1 N–H and O–H groups in total.